The van der Waals surface area contributed by atoms with Crippen molar-refractivity contribution in [3.8, 4) is 0 Å². The summed E-state index contributed by atoms with van der Waals surface area (Å²) in [6.07, 6.45) is 1.52. The molecule has 1 unspecified atom stereocenters. The van der Waals surface area contributed by atoms with Crippen LogP contribution in [0.2, 0.25) is 0 Å². The maximum absolute atomic E-state index is 12.7. The molecule has 0 spiro atoms. The molecule has 1 atom stereocenters. The van der Waals surface area contributed by atoms with Crippen LogP contribution in [0.3, 0.4) is 0 Å². The first-order chi connectivity index (χ1) is 8.17. The van der Waals surface area contributed by atoms with E-state index in [0.717, 1.165) is 18.4 Å². The molecule has 0 saturated carbocycles. The second-order valence-corrected chi connectivity index (χ2v) is 3.82. The van der Waals surface area contributed by atoms with Gasteiger partial charge in [-0.1, -0.05) is 24.2 Å². The molecule has 0 aliphatic carbocycles. The van der Waals surface area contributed by atoms with Gasteiger partial charge in [-0.3, -0.25) is 0 Å². The van der Waals surface area contributed by atoms with Crippen molar-refractivity contribution in [3.63, 3.8) is 0 Å². The molecule has 4 N–H and O–H groups in total. The van der Waals surface area contributed by atoms with Gasteiger partial charge >= 0.3 is 0 Å². The van der Waals surface area contributed by atoms with Crippen molar-refractivity contribution < 1.29 is 9.60 Å². The summed E-state index contributed by atoms with van der Waals surface area (Å²) >= 11 is 0. The highest BCUT2D eigenvalue weighted by Crippen LogP contribution is 2.03. The van der Waals surface area contributed by atoms with Crippen LogP contribution in [0.25, 0.3) is 0 Å². The maximum Gasteiger partial charge on any atom is 0.156 e. The molecule has 0 saturated heterocycles. The number of oxime groups is 1. The summed E-state index contributed by atoms with van der Waals surface area (Å²) in [5.74, 6) is -0.0450. The minimum atomic E-state index is -0.232. The SMILES string of the molecule is CCC(NCCc1ccc(F)cc1)/C(N)=N/O. The Kier molecular flexibility index (Phi) is 5.42. The second kappa shape index (κ2) is 6.85. The molecule has 4 nitrogen and oxygen atoms in total. The van der Waals surface area contributed by atoms with Gasteiger partial charge in [0.25, 0.3) is 0 Å². The molecular weight excluding hydrogens is 221 g/mol. The topological polar surface area (TPSA) is 70.6 Å². The van der Waals surface area contributed by atoms with Crippen LogP contribution in [0.4, 0.5) is 4.39 Å². The molecule has 0 bridgehead atoms. The number of amidine groups is 1. The van der Waals surface area contributed by atoms with Crippen molar-refractivity contribution in [2.24, 2.45) is 10.9 Å². The van der Waals surface area contributed by atoms with Crippen LogP contribution in [0.15, 0.2) is 29.4 Å². The molecule has 0 radical (unpaired) electrons. The number of nitrogens with zero attached hydrogens (tertiary/aromatic N) is 1. The third-order valence-electron chi connectivity index (χ3n) is 2.60. The minimum absolute atomic E-state index is 0.125. The fraction of sp³-hybridized carbons (Fsp3) is 0.417. The molecule has 0 aliphatic heterocycles. The number of benzene rings is 1. The second-order valence-electron chi connectivity index (χ2n) is 3.82. The van der Waals surface area contributed by atoms with E-state index < -0.39 is 0 Å². The predicted molar refractivity (Wildman–Crippen MR) is 65.6 cm³/mol. The Labute approximate surface area is 100 Å². The van der Waals surface area contributed by atoms with E-state index in [0.29, 0.717) is 6.54 Å². The standard InChI is InChI=1S/C12H18FN3O/c1-2-11(12(14)16-17)15-8-7-9-3-5-10(13)6-4-9/h3-6,11,15,17H,2,7-8H2,1H3,(H2,14,16). The van der Waals surface area contributed by atoms with E-state index in [-0.39, 0.29) is 17.7 Å². The van der Waals surface area contributed by atoms with Crippen LogP contribution in [-0.4, -0.2) is 23.6 Å². The van der Waals surface area contributed by atoms with E-state index in [1.54, 1.807) is 12.1 Å². The van der Waals surface area contributed by atoms with Crippen molar-refractivity contribution in [3.05, 3.63) is 35.6 Å². The quantitative estimate of drug-likeness (QED) is 0.305. The highest BCUT2D eigenvalue weighted by atomic mass is 19.1. The fourth-order valence-corrected chi connectivity index (χ4v) is 1.57. The van der Waals surface area contributed by atoms with Crippen LogP contribution < -0.4 is 11.1 Å². The Morgan fingerprint density at radius 2 is 2.12 bits per heavy atom. The van der Waals surface area contributed by atoms with Crippen molar-refractivity contribution in [1.82, 2.24) is 5.32 Å². The monoisotopic (exact) mass is 239 g/mol. The van der Waals surface area contributed by atoms with Crippen molar-refractivity contribution in [2.45, 2.75) is 25.8 Å². The molecule has 1 aromatic carbocycles. The average Bonchev–Trinajstić information content (AvgIpc) is 2.36. The van der Waals surface area contributed by atoms with Gasteiger partial charge in [-0.25, -0.2) is 4.39 Å². The van der Waals surface area contributed by atoms with Gasteiger partial charge in [0.15, 0.2) is 5.84 Å². The highest BCUT2D eigenvalue weighted by Gasteiger charge is 2.09. The number of hydrogen-bond donors (Lipinski definition) is 3. The van der Waals surface area contributed by atoms with Gasteiger partial charge in [0.05, 0.1) is 6.04 Å². The number of halogens is 1. The van der Waals surface area contributed by atoms with Gasteiger partial charge in [0.1, 0.15) is 5.82 Å². The zero-order valence-electron chi connectivity index (χ0n) is 9.86. The third-order valence-corrected chi connectivity index (χ3v) is 2.60. The van der Waals surface area contributed by atoms with Gasteiger partial charge in [0, 0.05) is 0 Å². The van der Waals surface area contributed by atoms with Gasteiger partial charge in [-0.15, -0.1) is 0 Å². The Morgan fingerprint density at radius 3 is 2.65 bits per heavy atom. The largest absolute Gasteiger partial charge is 0.409 e. The van der Waals surface area contributed by atoms with Crippen LogP contribution in [0, 0.1) is 5.82 Å². The molecule has 94 valence electrons. The van der Waals surface area contributed by atoms with E-state index in [1.807, 2.05) is 6.92 Å². The van der Waals surface area contributed by atoms with E-state index in [9.17, 15) is 4.39 Å². The number of rotatable bonds is 6. The van der Waals surface area contributed by atoms with E-state index in [4.69, 9.17) is 10.9 Å². The normalized spacial score (nSPS) is 13.6. The van der Waals surface area contributed by atoms with Crippen LogP contribution >= 0.6 is 0 Å². The summed E-state index contributed by atoms with van der Waals surface area (Å²) in [5.41, 5.74) is 6.56. The Bertz CT molecular complexity index is 365. The average molecular weight is 239 g/mol. The number of hydrogen-bond acceptors (Lipinski definition) is 3. The summed E-state index contributed by atoms with van der Waals surface area (Å²) in [4.78, 5) is 0. The predicted octanol–water partition coefficient (Wildman–Crippen LogP) is 1.48. The Balaban J connectivity index is 2.39. The zero-order chi connectivity index (χ0) is 12.7. The Hall–Kier alpha value is -1.62. The summed E-state index contributed by atoms with van der Waals surface area (Å²) in [6.45, 7) is 2.65. The first-order valence-electron chi connectivity index (χ1n) is 5.62. The molecule has 17 heavy (non-hydrogen) atoms. The fourth-order valence-electron chi connectivity index (χ4n) is 1.57. The lowest BCUT2D eigenvalue weighted by atomic mass is 10.1. The zero-order valence-corrected chi connectivity index (χ0v) is 9.86. The van der Waals surface area contributed by atoms with Crippen molar-refractivity contribution >= 4 is 5.84 Å². The van der Waals surface area contributed by atoms with Crippen LogP contribution in [0.5, 0.6) is 0 Å². The van der Waals surface area contributed by atoms with Gasteiger partial charge in [-0.2, -0.15) is 0 Å². The smallest absolute Gasteiger partial charge is 0.156 e. The number of nitrogens with one attached hydrogen (secondary N) is 1. The molecule has 0 fully saturated rings. The Morgan fingerprint density at radius 1 is 1.47 bits per heavy atom. The molecule has 0 heterocycles. The molecule has 1 rings (SSSR count). The van der Waals surface area contributed by atoms with E-state index in [2.05, 4.69) is 10.5 Å². The van der Waals surface area contributed by atoms with E-state index in [1.165, 1.54) is 12.1 Å². The van der Waals surface area contributed by atoms with Gasteiger partial charge < -0.3 is 16.3 Å². The van der Waals surface area contributed by atoms with E-state index >= 15 is 0 Å². The summed E-state index contributed by atoms with van der Waals surface area (Å²) < 4.78 is 12.7. The lowest BCUT2D eigenvalue weighted by Crippen LogP contribution is -2.41. The molecule has 1 aromatic rings. The summed E-state index contributed by atoms with van der Waals surface area (Å²) in [5, 5.41) is 14.7. The highest BCUT2D eigenvalue weighted by molar-refractivity contribution is 5.85. The molecule has 0 aromatic heterocycles. The number of nitrogens with two attached hydrogens (primary N) is 1. The van der Waals surface area contributed by atoms with Crippen molar-refractivity contribution in [1.29, 1.82) is 0 Å². The minimum Gasteiger partial charge on any atom is -0.409 e. The first kappa shape index (κ1) is 13.4. The maximum atomic E-state index is 12.7. The molecule has 0 amide bonds. The van der Waals surface area contributed by atoms with Gasteiger partial charge in [0.2, 0.25) is 0 Å². The molecule has 0 aliphatic rings. The lowest BCUT2D eigenvalue weighted by Gasteiger charge is -2.15. The lowest BCUT2D eigenvalue weighted by molar-refractivity contribution is 0.314. The van der Waals surface area contributed by atoms with Crippen LogP contribution in [-0.2, 0) is 6.42 Å². The summed E-state index contributed by atoms with van der Waals surface area (Å²) in [7, 11) is 0. The third kappa shape index (κ3) is 4.40. The first-order valence-corrected chi connectivity index (χ1v) is 5.62. The molecule has 5 heteroatoms. The van der Waals surface area contributed by atoms with Gasteiger partial charge in [-0.05, 0) is 37.1 Å². The van der Waals surface area contributed by atoms with Crippen molar-refractivity contribution in [2.75, 3.05) is 6.54 Å². The summed E-state index contributed by atoms with van der Waals surface area (Å²) in [6, 6.07) is 6.26. The molecular formula is C12H18FN3O. The van der Waals surface area contributed by atoms with Crippen LogP contribution in [0.1, 0.15) is 18.9 Å².